The number of rotatable bonds is 3. The highest BCUT2D eigenvalue weighted by molar-refractivity contribution is 9.10. The highest BCUT2D eigenvalue weighted by Gasteiger charge is 2.25. The predicted octanol–water partition coefficient (Wildman–Crippen LogP) is 2.24. The molecule has 1 N–H and O–H groups in total. The van der Waals surface area contributed by atoms with E-state index < -0.39 is 0 Å². The minimum absolute atomic E-state index is 0.279. The number of halogens is 1. The molecule has 2 rings (SSSR count). The van der Waals surface area contributed by atoms with Crippen LogP contribution in [-0.4, -0.2) is 43.5 Å². The zero-order valence-electron chi connectivity index (χ0n) is 10.0. The van der Waals surface area contributed by atoms with Crippen molar-refractivity contribution in [3.8, 4) is 0 Å². The fraction of sp³-hybridized carbons (Fsp3) is 0.727. The predicted molar refractivity (Wildman–Crippen MR) is 78.9 cm³/mol. The Balaban J connectivity index is 2.04. The van der Waals surface area contributed by atoms with Gasteiger partial charge in [0, 0.05) is 36.0 Å². The van der Waals surface area contributed by atoms with Crippen molar-refractivity contribution < 1.29 is 5.11 Å². The Hall–Kier alpha value is 0.350. The van der Waals surface area contributed by atoms with Crippen LogP contribution in [0.4, 0.5) is 0 Å². The molecule has 1 aromatic rings. The first-order chi connectivity index (χ1) is 8.09. The fourth-order valence-electron chi connectivity index (χ4n) is 1.96. The molecule has 0 spiro atoms. The van der Waals surface area contributed by atoms with Gasteiger partial charge >= 0.3 is 0 Å². The van der Waals surface area contributed by atoms with Crippen molar-refractivity contribution in [2.75, 3.05) is 17.3 Å². The molecule has 0 amide bonds. The Kier molecular flexibility index (Phi) is 4.86. The van der Waals surface area contributed by atoms with E-state index in [4.69, 9.17) is 0 Å². The summed E-state index contributed by atoms with van der Waals surface area (Å²) < 4.78 is 2.90. The summed E-state index contributed by atoms with van der Waals surface area (Å²) >= 11 is 7.38. The van der Waals surface area contributed by atoms with Crippen molar-refractivity contribution in [3.63, 3.8) is 0 Å². The minimum atomic E-state index is -0.279. The lowest BCUT2D eigenvalue weighted by Gasteiger charge is -2.25. The van der Waals surface area contributed by atoms with Gasteiger partial charge in [0.1, 0.15) is 0 Å². The maximum atomic E-state index is 10.3. The molecule has 2 unspecified atom stereocenters. The van der Waals surface area contributed by atoms with Crippen LogP contribution in [0.1, 0.15) is 11.4 Å². The molecule has 0 saturated carbocycles. The average Bonchev–Trinajstić information content (AvgIpc) is 2.57. The van der Waals surface area contributed by atoms with E-state index in [1.807, 2.05) is 42.2 Å². The first-order valence-electron chi connectivity index (χ1n) is 5.65. The summed E-state index contributed by atoms with van der Waals surface area (Å²) in [4.78, 5) is 0. The van der Waals surface area contributed by atoms with Crippen LogP contribution in [-0.2, 0) is 13.5 Å². The topological polar surface area (TPSA) is 38.0 Å². The number of aryl methyl sites for hydroxylation is 2. The smallest absolute Gasteiger partial charge is 0.0738 e. The third kappa shape index (κ3) is 3.22. The van der Waals surface area contributed by atoms with Gasteiger partial charge in [-0.05, 0) is 22.9 Å². The largest absolute Gasteiger partial charge is 0.392 e. The standard InChI is InChI=1S/C11H17BrN2OS2/c1-7-11(12)8(14(2)13-7)5-9(15)10-6-16-3-4-17-10/h9-10,15H,3-6H2,1-2H3. The molecule has 17 heavy (non-hydrogen) atoms. The van der Waals surface area contributed by atoms with Crippen LogP contribution in [0.5, 0.6) is 0 Å². The summed E-state index contributed by atoms with van der Waals surface area (Å²) in [6, 6.07) is 0. The van der Waals surface area contributed by atoms with Gasteiger partial charge in [0.15, 0.2) is 0 Å². The monoisotopic (exact) mass is 336 g/mol. The molecule has 6 heteroatoms. The summed E-state index contributed by atoms with van der Waals surface area (Å²) in [5.41, 5.74) is 2.08. The lowest BCUT2D eigenvalue weighted by atomic mass is 10.1. The summed E-state index contributed by atoms with van der Waals surface area (Å²) in [6.07, 6.45) is 0.398. The third-order valence-electron chi connectivity index (χ3n) is 2.94. The second-order valence-electron chi connectivity index (χ2n) is 4.23. The number of aliphatic hydroxyl groups excluding tert-OH is 1. The van der Waals surface area contributed by atoms with E-state index in [0.29, 0.717) is 11.7 Å². The summed E-state index contributed by atoms with van der Waals surface area (Å²) in [6.45, 7) is 1.98. The quantitative estimate of drug-likeness (QED) is 0.918. The molecule has 0 aliphatic carbocycles. The van der Waals surface area contributed by atoms with Crippen molar-refractivity contribution in [2.24, 2.45) is 7.05 Å². The molecule has 1 aliphatic heterocycles. The highest BCUT2D eigenvalue weighted by Crippen LogP contribution is 2.29. The van der Waals surface area contributed by atoms with Crippen molar-refractivity contribution in [2.45, 2.75) is 24.7 Å². The second kappa shape index (κ2) is 5.99. The van der Waals surface area contributed by atoms with Gasteiger partial charge in [0.2, 0.25) is 0 Å². The first kappa shape index (κ1) is 13.8. The number of nitrogens with zero attached hydrogens (tertiary/aromatic N) is 2. The fourth-order valence-corrected chi connectivity index (χ4v) is 5.23. The molecular weight excluding hydrogens is 320 g/mol. The Labute approximate surface area is 119 Å². The highest BCUT2D eigenvalue weighted by atomic mass is 79.9. The van der Waals surface area contributed by atoms with E-state index >= 15 is 0 Å². The Morgan fingerprint density at radius 1 is 1.59 bits per heavy atom. The van der Waals surface area contributed by atoms with E-state index in [0.717, 1.165) is 27.4 Å². The van der Waals surface area contributed by atoms with Gasteiger partial charge in [-0.25, -0.2) is 0 Å². The Morgan fingerprint density at radius 3 is 2.88 bits per heavy atom. The molecule has 1 fully saturated rings. The van der Waals surface area contributed by atoms with Crippen LogP contribution in [0.25, 0.3) is 0 Å². The van der Waals surface area contributed by atoms with Crippen molar-refractivity contribution in [1.29, 1.82) is 0 Å². The Bertz CT molecular complexity index is 391. The van der Waals surface area contributed by atoms with E-state index in [1.165, 1.54) is 5.75 Å². The van der Waals surface area contributed by atoms with Crippen LogP contribution in [0.2, 0.25) is 0 Å². The molecule has 0 aromatic carbocycles. The number of aromatic nitrogens is 2. The van der Waals surface area contributed by atoms with Crippen LogP contribution in [0.15, 0.2) is 4.47 Å². The van der Waals surface area contributed by atoms with Crippen LogP contribution in [0.3, 0.4) is 0 Å². The third-order valence-corrected chi connectivity index (χ3v) is 6.87. The maximum Gasteiger partial charge on any atom is 0.0738 e. The molecule has 96 valence electrons. The molecular formula is C11H17BrN2OS2. The van der Waals surface area contributed by atoms with Gasteiger partial charge in [-0.15, -0.1) is 0 Å². The number of hydrogen-bond donors (Lipinski definition) is 1. The summed E-state index contributed by atoms with van der Waals surface area (Å²) in [5.74, 6) is 3.42. The molecule has 0 bridgehead atoms. The van der Waals surface area contributed by atoms with Gasteiger partial charge < -0.3 is 5.11 Å². The molecule has 0 radical (unpaired) electrons. The van der Waals surface area contributed by atoms with Gasteiger partial charge in [-0.2, -0.15) is 28.6 Å². The van der Waals surface area contributed by atoms with E-state index in [-0.39, 0.29) is 6.10 Å². The Morgan fingerprint density at radius 2 is 2.35 bits per heavy atom. The van der Waals surface area contributed by atoms with Gasteiger partial charge in [-0.3, -0.25) is 4.68 Å². The molecule has 1 saturated heterocycles. The van der Waals surface area contributed by atoms with E-state index in [2.05, 4.69) is 21.0 Å². The zero-order valence-corrected chi connectivity index (χ0v) is 13.2. The zero-order chi connectivity index (χ0) is 12.4. The maximum absolute atomic E-state index is 10.3. The molecule has 2 heterocycles. The lowest BCUT2D eigenvalue weighted by Crippen LogP contribution is -2.31. The number of thioether (sulfide) groups is 2. The molecule has 1 aromatic heterocycles. The number of aliphatic hydroxyl groups is 1. The normalized spacial score (nSPS) is 22.7. The molecule has 1 aliphatic rings. The molecule has 3 nitrogen and oxygen atoms in total. The average molecular weight is 337 g/mol. The van der Waals surface area contributed by atoms with Gasteiger partial charge in [0.05, 0.1) is 22.0 Å². The number of hydrogen-bond acceptors (Lipinski definition) is 4. The summed E-state index contributed by atoms with van der Waals surface area (Å²) in [5, 5.41) is 15.0. The van der Waals surface area contributed by atoms with Crippen molar-refractivity contribution >= 4 is 39.5 Å². The van der Waals surface area contributed by atoms with E-state index in [9.17, 15) is 5.11 Å². The molecule has 2 atom stereocenters. The van der Waals surface area contributed by atoms with Crippen molar-refractivity contribution in [1.82, 2.24) is 9.78 Å². The first-order valence-corrected chi connectivity index (χ1v) is 8.64. The van der Waals surface area contributed by atoms with Crippen LogP contribution in [0, 0.1) is 6.92 Å². The van der Waals surface area contributed by atoms with Gasteiger partial charge in [0.25, 0.3) is 0 Å². The van der Waals surface area contributed by atoms with Crippen LogP contribution >= 0.6 is 39.5 Å². The van der Waals surface area contributed by atoms with Crippen LogP contribution < -0.4 is 0 Å². The lowest BCUT2D eigenvalue weighted by molar-refractivity contribution is 0.174. The van der Waals surface area contributed by atoms with Gasteiger partial charge in [-0.1, -0.05) is 0 Å². The SMILES string of the molecule is Cc1nn(C)c(CC(O)C2CSCCS2)c1Br. The minimum Gasteiger partial charge on any atom is -0.392 e. The van der Waals surface area contributed by atoms with E-state index in [1.54, 1.807) is 0 Å². The second-order valence-corrected chi connectivity index (χ2v) is 7.52. The summed E-state index contributed by atoms with van der Waals surface area (Å²) in [7, 11) is 1.93. The van der Waals surface area contributed by atoms with Crippen molar-refractivity contribution in [3.05, 3.63) is 15.9 Å².